The summed E-state index contributed by atoms with van der Waals surface area (Å²) in [7, 11) is 0. The smallest absolute Gasteiger partial charge is 0.324 e. The van der Waals surface area contributed by atoms with Gasteiger partial charge in [-0.2, -0.15) is 0 Å². The molecule has 0 saturated heterocycles. The molecule has 0 aliphatic heterocycles. The van der Waals surface area contributed by atoms with E-state index in [1.54, 1.807) is 0 Å². The van der Waals surface area contributed by atoms with Crippen molar-refractivity contribution in [2.24, 2.45) is 0 Å². The van der Waals surface area contributed by atoms with Crippen LogP contribution in [0.1, 0.15) is 39.5 Å². The Kier molecular flexibility index (Phi) is 14.8. The summed E-state index contributed by atoms with van der Waals surface area (Å²) in [5, 5.41) is 0. The summed E-state index contributed by atoms with van der Waals surface area (Å²) in [6, 6.07) is 0. The van der Waals surface area contributed by atoms with Crippen LogP contribution >= 0.6 is 6.72 Å². The van der Waals surface area contributed by atoms with Gasteiger partial charge < -0.3 is 13.9 Å². The summed E-state index contributed by atoms with van der Waals surface area (Å²) >= 11 is 4.79. The molecule has 0 fully saturated rings. The number of unbranched alkanes of at least 4 members (excludes halogenated alkanes) is 2. The van der Waals surface area contributed by atoms with Crippen molar-refractivity contribution >= 4 is 18.5 Å². The van der Waals surface area contributed by atoms with Gasteiger partial charge in [0.25, 0.3) is 0 Å². The Morgan fingerprint density at radius 1 is 1.07 bits per heavy atom. The molecule has 88 valence electrons. The van der Waals surface area contributed by atoms with Gasteiger partial charge in [-0.05, 0) is 24.6 Å². The van der Waals surface area contributed by atoms with Crippen molar-refractivity contribution in [3.63, 3.8) is 0 Å². The third-order valence-electron chi connectivity index (χ3n) is 1.50. The molecular formula is C8H19GdO3PS. The van der Waals surface area contributed by atoms with Crippen LogP contribution in [0, 0.1) is 39.9 Å². The maximum Gasteiger partial charge on any atom is 0.324 e. The zero-order valence-electron chi connectivity index (χ0n) is 8.72. The van der Waals surface area contributed by atoms with E-state index in [-0.39, 0.29) is 39.9 Å². The molecule has 0 rings (SSSR count). The predicted molar refractivity (Wildman–Crippen MR) is 58.2 cm³/mol. The van der Waals surface area contributed by atoms with Crippen LogP contribution in [0.3, 0.4) is 0 Å². The van der Waals surface area contributed by atoms with Crippen LogP contribution in [0.25, 0.3) is 0 Å². The largest absolute Gasteiger partial charge is 0.324 e. The van der Waals surface area contributed by atoms with E-state index in [4.69, 9.17) is 20.9 Å². The molecule has 1 N–H and O–H groups in total. The van der Waals surface area contributed by atoms with Gasteiger partial charge in [0.05, 0.1) is 13.2 Å². The standard InChI is InChI=1S/C8H19O3PS.Gd/c1-3-5-7-10-12(9,13)11-8-6-4-2;/h3-8H2,1-2H3,(H,9,13);. The second kappa shape index (κ2) is 11.3. The minimum atomic E-state index is -2.92. The Balaban J connectivity index is 0. The summed E-state index contributed by atoms with van der Waals surface area (Å²) in [5.74, 6) is 0. The van der Waals surface area contributed by atoms with Crippen molar-refractivity contribution in [1.29, 1.82) is 0 Å². The molecule has 0 bridgehead atoms. The van der Waals surface area contributed by atoms with Crippen LogP contribution in [0.4, 0.5) is 0 Å². The summed E-state index contributed by atoms with van der Waals surface area (Å²) in [5.41, 5.74) is 0. The molecule has 0 aliphatic rings. The predicted octanol–water partition coefficient (Wildman–Crippen LogP) is 2.84. The number of hydrogen-bond acceptors (Lipinski definition) is 3. The van der Waals surface area contributed by atoms with Crippen molar-refractivity contribution < 1.29 is 53.9 Å². The van der Waals surface area contributed by atoms with Gasteiger partial charge in [-0.1, -0.05) is 26.7 Å². The normalized spacial score (nSPS) is 11.1. The molecule has 0 radical (unpaired) electrons. The van der Waals surface area contributed by atoms with Gasteiger partial charge in [0, 0.05) is 39.9 Å². The van der Waals surface area contributed by atoms with E-state index in [0.717, 1.165) is 25.7 Å². The molecule has 0 amide bonds. The fraction of sp³-hybridized carbons (Fsp3) is 1.00. The third-order valence-corrected chi connectivity index (χ3v) is 3.15. The second-order valence-corrected chi connectivity index (χ2v) is 5.68. The van der Waals surface area contributed by atoms with E-state index in [2.05, 4.69) is 13.8 Å². The van der Waals surface area contributed by atoms with Crippen LogP contribution < -0.4 is 0 Å². The van der Waals surface area contributed by atoms with Crippen LogP contribution in [-0.4, -0.2) is 18.1 Å². The molecule has 0 aliphatic carbocycles. The first-order valence-electron chi connectivity index (χ1n) is 4.74. The van der Waals surface area contributed by atoms with Crippen molar-refractivity contribution in [2.75, 3.05) is 13.2 Å². The third kappa shape index (κ3) is 11.9. The zero-order chi connectivity index (χ0) is 10.2. The fourth-order valence-corrected chi connectivity index (χ4v) is 1.93. The molecule has 0 atom stereocenters. The molecule has 0 aromatic carbocycles. The molecule has 6 heteroatoms. The summed E-state index contributed by atoms with van der Waals surface area (Å²) in [4.78, 5) is 9.45. The average Bonchev–Trinajstić information content (AvgIpc) is 2.05. The van der Waals surface area contributed by atoms with Gasteiger partial charge in [-0.25, -0.2) is 0 Å². The van der Waals surface area contributed by atoms with Gasteiger partial charge >= 0.3 is 6.72 Å². The first-order valence-corrected chi connectivity index (χ1v) is 7.33. The second-order valence-electron chi connectivity index (χ2n) is 2.84. The van der Waals surface area contributed by atoms with Crippen LogP contribution in [0.15, 0.2) is 0 Å². The molecule has 3 nitrogen and oxygen atoms in total. The summed E-state index contributed by atoms with van der Waals surface area (Å²) < 4.78 is 10.2. The quantitative estimate of drug-likeness (QED) is 0.517. The van der Waals surface area contributed by atoms with E-state index >= 15 is 0 Å². The van der Waals surface area contributed by atoms with Crippen molar-refractivity contribution in [1.82, 2.24) is 0 Å². The Labute approximate surface area is 124 Å². The van der Waals surface area contributed by atoms with Crippen molar-refractivity contribution in [2.45, 2.75) is 39.5 Å². The van der Waals surface area contributed by atoms with Gasteiger partial charge in [0.1, 0.15) is 0 Å². The average molecular weight is 384 g/mol. The van der Waals surface area contributed by atoms with Gasteiger partial charge in [-0.3, -0.25) is 0 Å². The van der Waals surface area contributed by atoms with E-state index in [9.17, 15) is 4.89 Å². The Hall–Kier alpha value is 1.85. The first kappa shape index (κ1) is 18.2. The fourth-order valence-electron chi connectivity index (χ4n) is 0.686. The van der Waals surface area contributed by atoms with Crippen molar-refractivity contribution in [3.8, 4) is 0 Å². The van der Waals surface area contributed by atoms with E-state index in [1.807, 2.05) is 0 Å². The first-order chi connectivity index (χ1) is 6.12. The maximum atomic E-state index is 9.45. The van der Waals surface area contributed by atoms with Gasteiger partial charge in [-0.15, -0.1) is 0 Å². The molecular weight excluding hydrogens is 364 g/mol. The minimum Gasteiger partial charge on any atom is -0.324 e. The Bertz CT molecular complexity index is 155. The van der Waals surface area contributed by atoms with Gasteiger partial charge in [0.15, 0.2) is 0 Å². The molecule has 0 aromatic rings. The Morgan fingerprint density at radius 3 is 1.71 bits per heavy atom. The van der Waals surface area contributed by atoms with Crippen LogP contribution in [0.2, 0.25) is 0 Å². The molecule has 0 unspecified atom stereocenters. The molecule has 0 spiro atoms. The van der Waals surface area contributed by atoms with Gasteiger partial charge in [0.2, 0.25) is 0 Å². The maximum absolute atomic E-state index is 9.45. The number of rotatable bonds is 8. The SMILES string of the molecule is CCCCOP(O)(=S)OCCCC.[Gd]. The van der Waals surface area contributed by atoms with E-state index in [1.165, 1.54) is 0 Å². The van der Waals surface area contributed by atoms with Crippen LogP contribution in [0.5, 0.6) is 0 Å². The Morgan fingerprint density at radius 2 is 1.43 bits per heavy atom. The molecule has 0 aromatic heterocycles. The summed E-state index contributed by atoms with van der Waals surface area (Å²) in [6.45, 7) is 2.19. The minimum absolute atomic E-state index is 0. The van der Waals surface area contributed by atoms with Crippen LogP contribution in [-0.2, 0) is 20.9 Å². The number of hydrogen-bond donors (Lipinski definition) is 1. The molecule has 0 saturated carbocycles. The molecule has 0 heterocycles. The topological polar surface area (TPSA) is 38.7 Å². The van der Waals surface area contributed by atoms with E-state index in [0.29, 0.717) is 13.2 Å². The molecule has 14 heavy (non-hydrogen) atoms. The van der Waals surface area contributed by atoms with E-state index < -0.39 is 6.72 Å². The monoisotopic (exact) mass is 384 g/mol. The summed E-state index contributed by atoms with van der Waals surface area (Å²) in [6.07, 6.45) is 3.89. The van der Waals surface area contributed by atoms with Crippen molar-refractivity contribution in [3.05, 3.63) is 0 Å². The zero-order valence-corrected chi connectivity index (χ0v) is 12.7.